The summed E-state index contributed by atoms with van der Waals surface area (Å²) in [7, 11) is 1.87. The van der Waals surface area contributed by atoms with Gasteiger partial charge in [-0.25, -0.2) is 0 Å². The van der Waals surface area contributed by atoms with Crippen molar-refractivity contribution in [3.05, 3.63) is 0 Å². The number of hydrogen-bond donors (Lipinski definition) is 0. The van der Waals surface area contributed by atoms with E-state index in [0.29, 0.717) is 0 Å². The molecule has 1 aliphatic heterocycles. The van der Waals surface area contributed by atoms with Gasteiger partial charge in [0.15, 0.2) is 14.1 Å². The molecule has 1 fully saturated rings. The van der Waals surface area contributed by atoms with Crippen LogP contribution in [0.25, 0.3) is 0 Å². The molecule has 1 rings (SSSR count). The lowest BCUT2D eigenvalue weighted by molar-refractivity contribution is -0.294. The van der Waals surface area contributed by atoms with Crippen LogP contribution < -0.4 is 0 Å². The van der Waals surface area contributed by atoms with Crippen LogP contribution in [0.4, 0.5) is 0 Å². The molecule has 84 valence electrons. The Hall–Kier alpha value is 0.0969. The highest BCUT2D eigenvalue weighted by atomic mass is 28.4. The summed E-state index contributed by atoms with van der Waals surface area (Å²) in [6.07, 6.45) is 0.923. The van der Waals surface area contributed by atoms with Gasteiger partial charge >= 0.3 is 0 Å². The van der Waals surface area contributed by atoms with E-state index >= 15 is 0 Å². The predicted octanol–water partition coefficient (Wildman–Crippen LogP) is 2.38. The molecule has 0 amide bonds. The molecular formula is C10H22O3Si. The summed E-state index contributed by atoms with van der Waals surface area (Å²) in [6, 6.07) is 1.08. The van der Waals surface area contributed by atoms with Crippen molar-refractivity contribution in [1.82, 2.24) is 0 Å². The lowest BCUT2D eigenvalue weighted by Crippen LogP contribution is -2.63. The van der Waals surface area contributed by atoms with Crippen LogP contribution in [-0.2, 0) is 13.9 Å². The van der Waals surface area contributed by atoms with Crippen molar-refractivity contribution in [2.24, 2.45) is 0 Å². The minimum atomic E-state index is -1.51. The average Bonchev–Trinajstić information content (AvgIpc) is 2.03. The molecule has 0 aromatic carbocycles. The third-order valence-electron chi connectivity index (χ3n) is 3.16. The summed E-state index contributed by atoms with van der Waals surface area (Å²) < 4.78 is 17.2. The lowest BCUT2D eigenvalue weighted by Gasteiger charge is -2.52. The summed E-state index contributed by atoms with van der Waals surface area (Å²) in [5, 5.41) is 0. The number of ether oxygens (including phenoxy) is 2. The molecule has 14 heavy (non-hydrogen) atoms. The van der Waals surface area contributed by atoms with Crippen LogP contribution in [0, 0.1) is 0 Å². The SMILES string of the molecule is COC1(OC)CC[Si](C)(C)OC1(C)C. The van der Waals surface area contributed by atoms with Gasteiger partial charge in [0.05, 0.1) is 0 Å². The van der Waals surface area contributed by atoms with Crippen LogP contribution in [0.5, 0.6) is 0 Å². The van der Waals surface area contributed by atoms with Gasteiger partial charge in [0.2, 0.25) is 0 Å². The maximum Gasteiger partial charge on any atom is 0.195 e. The molecule has 3 nitrogen and oxygen atoms in total. The summed E-state index contributed by atoms with van der Waals surface area (Å²) in [4.78, 5) is 0. The Morgan fingerprint density at radius 3 is 2.00 bits per heavy atom. The van der Waals surface area contributed by atoms with Crippen LogP contribution >= 0.6 is 0 Å². The van der Waals surface area contributed by atoms with Gasteiger partial charge in [0.1, 0.15) is 5.60 Å². The van der Waals surface area contributed by atoms with Crippen LogP contribution in [0.3, 0.4) is 0 Å². The molecule has 1 heterocycles. The molecule has 4 heteroatoms. The van der Waals surface area contributed by atoms with Crippen molar-refractivity contribution in [1.29, 1.82) is 0 Å². The molecule has 0 aromatic heterocycles. The highest BCUT2D eigenvalue weighted by Crippen LogP contribution is 2.43. The third-order valence-corrected chi connectivity index (χ3v) is 5.68. The minimum Gasteiger partial charge on any atom is -0.407 e. The summed E-state index contributed by atoms with van der Waals surface area (Å²) in [6.45, 7) is 8.58. The highest BCUT2D eigenvalue weighted by Gasteiger charge is 2.54. The van der Waals surface area contributed by atoms with Gasteiger partial charge in [-0.1, -0.05) is 0 Å². The number of hydrogen-bond acceptors (Lipinski definition) is 3. The maximum atomic E-state index is 6.15. The van der Waals surface area contributed by atoms with Gasteiger partial charge in [0, 0.05) is 20.6 Å². The fraction of sp³-hybridized carbons (Fsp3) is 1.00. The first-order valence-electron chi connectivity index (χ1n) is 5.09. The topological polar surface area (TPSA) is 27.7 Å². The molecule has 0 unspecified atom stereocenters. The largest absolute Gasteiger partial charge is 0.407 e. The zero-order valence-corrected chi connectivity index (χ0v) is 11.1. The standard InChI is InChI=1S/C10H22O3Si/c1-9(2)10(11-3,12-4)7-8-14(5,6)13-9/h7-8H2,1-6H3. The predicted molar refractivity (Wildman–Crippen MR) is 58.8 cm³/mol. The van der Waals surface area contributed by atoms with Gasteiger partial charge in [0.25, 0.3) is 0 Å². The molecule has 0 aliphatic carbocycles. The molecule has 0 spiro atoms. The van der Waals surface area contributed by atoms with Gasteiger partial charge in [-0.05, 0) is 33.0 Å². The van der Waals surface area contributed by atoms with Gasteiger partial charge < -0.3 is 13.9 Å². The lowest BCUT2D eigenvalue weighted by atomic mass is 9.94. The molecule has 0 aromatic rings. The number of methoxy groups -OCH3 is 2. The zero-order valence-electron chi connectivity index (χ0n) is 10.1. The highest BCUT2D eigenvalue weighted by molar-refractivity contribution is 6.71. The van der Waals surface area contributed by atoms with E-state index in [1.807, 2.05) is 13.8 Å². The second-order valence-electron chi connectivity index (χ2n) is 5.03. The summed E-state index contributed by atoms with van der Waals surface area (Å²) >= 11 is 0. The third kappa shape index (κ3) is 1.89. The molecule has 0 saturated carbocycles. The van der Waals surface area contributed by atoms with Crippen molar-refractivity contribution in [3.63, 3.8) is 0 Å². The number of rotatable bonds is 2. The van der Waals surface area contributed by atoms with E-state index < -0.39 is 14.1 Å². The molecule has 0 N–H and O–H groups in total. The monoisotopic (exact) mass is 218 g/mol. The van der Waals surface area contributed by atoms with Crippen molar-refractivity contribution in [2.75, 3.05) is 14.2 Å². The molecule has 0 atom stereocenters. The zero-order chi connectivity index (χ0) is 11.0. The first-order chi connectivity index (χ1) is 6.29. The van der Waals surface area contributed by atoms with Crippen LogP contribution in [0.1, 0.15) is 20.3 Å². The quantitative estimate of drug-likeness (QED) is 0.526. The van der Waals surface area contributed by atoms with E-state index in [4.69, 9.17) is 13.9 Å². The summed E-state index contributed by atoms with van der Waals surface area (Å²) in [5.41, 5.74) is -0.357. The Morgan fingerprint density at radius 2 is 1.64 bits per heavy atom. The molecule has 1 aliphatic rings. The van der Waals surface area contributed by atoms with Gasteiger partial charge in [-0.3, -0.25) is 0 Å². The van der Waals surface area contributed by atoms with E-state index in [9.17, 15) is 0 Å². The molecule has 1 saturated heterocycles. The van der Waals surface area contributed by atoms with Gasteiger partial charge in [-0.2, -0.15) is 0 Å². The van der Waals surface area contributed by atoms with Crippen molar-refractivity contribution in [3.8, 4) is 0 Å². The average molecular weight is 218 g/mol. The molecular weight excluding hydrogens is 196 g/mol. The second kappa shape index (κ2) is 3.59. The van der Waals surface area contributed by atoms with Crippen LogP contribution in [-0.4, -0.2) is 33.9 Å². The molecule has 0 radical (unpaired) electrons. The Kier molecular flexibility index (Phi) is 3.12. The van der Waals surface area contributed by atoms with E-state index in [0.717, 1.165) is 12.5 Å². The molecule has 0 bridgehead atoms. The van der Waals surface area contributed by atoms with Crippen molar-refractivity contribution < 1.29 is 13.9 Å². The van der Waals surface area contributed by atoms with Crippen LogP contribution in [0.15, 0.2) is 0 Å². The fourth-order valence-corrected chi connectivity index (χ4v) is 4.94. The van der Waals surface area contributed by atoms with E-state index in [-0.39, 0.29) is 5.60 Å². The van der Waals surface area contributed by atoms with E-state index in [2.05, 4.69) is 13.1 Å². The minimum absolute atomic E-state index is 0.357. The van der Waals surface area contributed by atoms with E-state index in [1.165, 1.54) is 0 Å². The Bertz CT molecular complexity index is 209. The van der Waals surface area contributed by atoms with Gasteiger partial charge in [-0.15, -0.1) is 0 Å². The van der Waals surface area contributed by atoms with Crippen molar-refractivity contribution >= 4 is 8.32 Å². The first-order valence-corrected chi connectivity index (χ1v) is 8.21. The fourth-order valence-electron chi connectivity index (χ4n) is 2.37. The second-order valence-corrected chi connectivity index (χ2v) is 9.26. The Morgan fingerprint density at radius 1 is 1.14 bits per heavy atom. The first kappa shape index (κ1) is 12.2. The summed E-state index contributed by atoms with van der Waals surface area (Å²) in [5.74, 6) is -0.574. The smallest absolute Gasteiger partial charge is 0.195 e. The normalized spacial score (nSPS) is 28.7. The van der Waals surface area contributed by atoms with Crippen molar-refractivity contribution in [2.45, 2.75) is 50.8 Å². The Labute approximate surface area is 87.9 Å². The Balaban J connectivity index is 2.92. The van der Waals surface area contributed by atoms with E-state index in [1.54, 1.807) is 14.2 Å². The van der Waals surface area contributed by atoms with Crippen LogP contribution in [0.2, 0.25) is 19.1 Å². The maximum absolute atomic E-state index is 6.15.